The normalized spacial score (nSPS) is 15.3. The Bertz CT molecular complexity index is 369. The molecule has 0 aromatic carbocycles. The van der Waals surface area contributed by atoms with Crippen molar-refractivity contribution in [3.05, 3.63) is 11.9 Å². The van der Waals surface area contributed by atoms with Gasteiger partial charge in [0, 0.05) is 25.4 Å². The molecule has 0 unspecified atom stereocenters. The summed E-state index contributed by atoms with van der Waals surface area (Å²) in [6.07, 6.45) is 5.85. The molecule has 1 fully saturated rings. The Hall–Kier alpha value is -1.03. The van der Waals surface area contributed by atoms with Crippen LogP contribution >= 0.6 is 0 Å². The Balaban J connectivity index is 1.67. The molecule has 0 radical (unpaired) electrons. The first-order chi connectivity index (χ1) is 8.66. The third-order valence-corrected chi connectivity index (χ3v) is 3.16. The maximum absolute atomic E-state index is 5.59. The Morgan fingerprint density at radius 2 is 2.22 bits per heavy atom. The summed E-state index contributed by atoms with van der Waals surface area (Å²) in [6.45, 7) is 8.93. The molecule has 2 rings (SSSR count). The fraction of sp³-hybridized carbons (Fsp3) is 0.786. The molecule has 102 valence electrons. The van der Waals surface area contributed by atoms with Gasteiger partial charge in [-0.25, -0.2) is 4.98 Å². The summed E-state index contributed by atoms with van der Waals surface area (Å²) in [5.74, 6) is 1.72. The van der Waals surface area contributed by atoms with Gasteiger partial charge in [-0.3, -0.25) is 0 Å². The summed E-state index contributed by atoms with van der Waals surface area (Å²) in [7, 11) is 0. The lowest BCUT2D eigenvalue weighted by Crippen LogP contribution is -2.13. The summed E-state index contributed by atoms with van der Waals surface area (Å²) in [6, 6.07) is 0.676. The van der Waals surface area contributed by atoms with Crippen molar-refractivity contribution in [1.29, 1.82) is 0 Å². The molecule has 1 saturated carbocycles. The van der Waals surface area contributed by atoms with Crippen molar-refractivity contribution in [3.63, 3.8) is 0 Å². The number of nitrogens with zero attached hydrogens (tertiary/aromatic N) is 2. The zero-order valence-corrected chi connectivity index (χ0v) is 11.8. The van der Waals surface area contributed by atoms with Gasteiger partial charge in [0.2, 0.25) is 5.95 Å². The average Bonchev–Trinajstić information content (AvgIpc) is 3.08. The van der Waals surface area contributed by atoms with Crippen molar-refractivity contribution in [1.82, 2.24) is 9.55 Å². The van der Waals surface area contributed by atoms with Gasteiger partial charge in [-0.1, -0.05) is 13.8 Å². The minimum Gasteiger partial charge on any atom is -0.380 e. The standard InChI is InChI=1S/C14H25N3O/c1-11(2)6-8-18-9-7-15-14-16-12(3)10-17(14)13-4-5-13/h10-11,13H,4-9H2,1-3H3,(H,15,16). The Morgan fingerprint density at radius 3 is 2.89 bits per heavy atom. The first kappa shape index (κ1) is 13.4. The fourth-order valence-electron chi connectivity index (χ4n) is 1.93. The van der Waals surface area contributed by atoms with Crippen molar-refractivity contribution in [2.24, 2.45) is 5.92 Å². The molecule has 4 nitrogen and oxygen atoms in total. The van der Waals surface area contributed by atoms with Crippen LogP contribution in [0.5, 0.6) is 0 Å². The molecule has 0 atom stereocenters. The zero-order chi connectivity index (χ0) is 13.0. The van der Waals surface area contributed by atoms with Gasteiger partial charge < -0.3 is 14.6 Å². The molecular weight excluding hydrogens is 226 g/mol. The quantitative estimate of drug-likeness (QED) is 0.722. The van der Waals surface area contributed by atoms with Gasteiger partial charge in [0.15, 0.2) is 0 Å². The zero-order valence-electron chi connectivity index (χ0n) is 11.8. The molecule has 4 heteroatoms. The molecular formula is C14H25N3O. The molecule has 1 heterocycles. The van der Waals surface area contributed by atoms with E-state index in [1.54, 1.807) is 0 Å². The van der Waals surface area contributed by atoms with Gasteiger partial charge in [0.1, 0.15) is 0 Å². The molecule has 0 spiro atoms. The number of imidazole rings is 1. The van der Waals surface area contributed by atoms with Crippen LogP contribution in [0.25, 0.3) is 0 Å². The van der Waals surface area contributed by atoms with E-state index in [1.165, 1.54) is 12.8 Å². The Morgan fingerprint density at radius 1 is 1.44 bits per heavy atom. The average molecular weight is 251 g/mol. The van der Waals surface area contributed by atoms with E-state index in [1.807, 2.05) is 6.92 Å². The van der Waals surface area contributed by atoms with Crippen LogP contribution in [0.4, 0.5) is 5.95 Å². The number of hydrogen-bond donors (Lipinski definition) is 1. The van der Waals surface area contributed by atoms with Crippen LogP contribution in [-0.2, 0) is 4.74 Å². The molecule has 0 saturated heterocycles. The number of anilines is 1. The number of nitrogens with one attached hydrogen (secondary N) is 1. The predicted molar refractivity (Wildman–Crippen MR) is 74.0 cm³/mol. The van der Waals surface area contributed by atoms with Crippen LogP contribution < -0.4 is 5.32 Å². The van der Waals surface area contributed by atoms with E-state index in [2.05, 4.69) is 34.9 Å². The lowest BCUT2D eigenvalue weighted by molar-refractivity contribution is 0.132. The van der Waals surface area contributed by atoms with Crippen LogP contribution in [0, 0.1) is 12.8 Å². The topological polar surface area (TPSA) is 39.1 Å². The van der Waals surface area contributed by atoms with E-state index >= 15 is 0 Å². The predicted octanol–water partition coefficient (Wildman–Crippen LogP) is 3.00. The van der Waals surface area contributed by atoms with E-state index in [9.17, 15) is 0 Å². The summed E-state index contributed by atoms with van der Waals surface area (Å²) in [4.78, 5) is 4.51. The van der Waals surface area contributed by atoms with Crippen molar-refractivity contribution in [3.8, 4) is 0 Å². The molecule has 0 amide bonds. The van der Waals surface area contributed by atoms with E-state index in [4.69, 9.17) is 4.74 Å². The third kappa shape index (κ3) is 4.02. The van der Waals surface area contributed by atoms with Crippen LogP contribution in [0.15, 0.2) is 6.20 Å². The lowest BCUT2D eigenvalue weighted by Gasteiger charge is -2.09. The van der Waals surface area contributed by atoms with Gasteiger partial charge >= 0.3 is 0 Å². The second kappa shape index (κ2) is 6.23. The highest BCUT2D eigenvalue weighted by Gasteiger charge is 2.25. The molecule has 1 aromatic heterocycles. The van der Waals surface area contributed by atoms with Gasteiger partial charge in [-0.05, 0) is 32.1 Å². The van der Waals surface area contributed by atoms with Gasteiger partial charge in [0.05, 0.1) is 12.3 Å². The largest absolute Gasteiger partial charge is 0.380 e. The van der Waals surface area contributed by atoms with E-state index in [0.717, 1.165) is 43.7 Å². The second-order valence-corrected chi connectivity index (χ2v) is 5.57. The number of aromatic nitrogens is 2. The van der Waals surface area contributed by atoms with Crippen molar-refractivity contribution in [2.75, 3.05) is 25.1 Å². The van der Waals surface area contributed by atoms with Crippen LogP contribution in [-0.4, -0.2) is 29.3 Å². The lowest BCUT2D eigenvalue weighted by atomic mass is 10.1. The van der Waals surface area contributed by atoms with Gasteiger partial charge in [-0.2, -0.15) is 0 Å². The monoisotopic (exact) mass is 251 g/mol. The van der Waals surface area contributed by atoms with Gasteiger partial charge in [-0.15, -0.1) is 0 Å². The highest BCUT2D eigenvalue weighted by atomic mass is 16.5. The number of ether oxygens (including phenoxy) is 1. The number of rotatable bonds is 8. The molecule has 0 bridgehead atoms. The SMILES string of the molecule is Cc1cn(C2CC2)c(NCCOCCC(C)C)n1. The van der Waals surface area contributed by atoms with Crippen LogP contribution in [0.2, 0.25) is 0 Å². The minimum atomic E-state index is 0.676. The maximum atomic E-state index is 5.59. The van der Waals surface area contributed by atoms with Crippen LogP contribution in [0.3, 0.4) is 0 Å². The fourth-order valence-corrected chi connectivity index (χ4v) is 1.93. The Labute approximate surface area is 110 Å². The molecule has 1 aliphatic carbocycles. The molecule has 1 N–H and O–H groups in total. The van der Waals surface area contributed by atoms with Gasteiger partial charge in [0.25, 0.3) is 0 Å². The van der Waals surface area contributed by atoms with Crippen molar-refractivity contribution < 1.29 is 4.74 Å². The smallest absolute Gasteiger partial charge is 0.203 e. The first-order valence-electron chi connectivity index (χ1n) is 7.04. The summed E-state index contributed by atoms with van der Waals surface area (Å²) in [5.41, 5.74) is 1.09. The Kier molecular flexibility index (Phi) is 4.64. The minimum absolute atomic E-state index is 0.676. The highest BCUT2D eigenvalue weighted by Crippen LogP contribution is 2.37. The highest BCUT2D eigenvalue weighted by molar-refractivity contribution is 5.30. The molecule has 1 aromatic rings. The van der Waals surface area contributed by atoms with E-state index in [0.29, 0.717) is 6.04 Å². The summed E-state index contributed by atoms with van der Waals surface area (Å²) in [5, 5.41) is 3.37. The number of hydrogen-bond acceptors (Lipinski definition) is 3. The maximum Gasteiger partial charge on any atom is 0.203 e. The third-order valence-electron chi connectivity index (χ3n) is 3.16. The van der Waals surface area contributed by atoms with E-state index in [-0.39, 0.29) is 0 Å². The molecule has 0 aliphatic heterocycles. The molecule has 1 aliphatic rings. The van der Waals surface area contributed by atoms with Crippen LogP contribution in [0.1, 0.15) is 44.8 Å². The second-order valence-electron chi connectivity index (χ2n) is 5.57. The summed E-state index contributed by atoms with van der Waals surface area (Å²) >= 11 is 0. The first-order valence-corrected chi connectivity index (χ1v) is 7.04. The number of aryl methyl sites for hydroxylation is 1. The summed E-state index contributed by atoms with van der Waals surface area (Å²) < 4.78 is 7.86. The van der Waals surface area contributed by atoms with E-state index < -0.39 is 0 Å². The van der Waals surface area contributed by atoms with Crippen molar-refractivity contribution in [2.45, 2.75) is 46.1 Å². The molecule has 18 heavy (non-hydrogen) atoms. The van der Waals surface area contributed by atoms with Crippen molar-refractivity contribution >= 4 is 5.95 Å².